The van der Waals surface area contributed by atoms with Crippen molar-refractivity contribution >= 4 is 11.4 Å². The zero-order valence-electron chi connectivity index (χ0n) is 14.0. The van der Waals surface area contributed by atoms with Crippen molar-refractivity contribution in [2.24, 2.45) is 0 Å². The molecule has 130 valence electrons. The van der Waals surface area contributed by atoms with E-state index in [0.717, 1.165) is 37.2 Å². The van der Waals surface area contributed by atoms with Crippen molar-refractivity contribution in [2.75, 3.05) is 25.1 Å². The molecule has 0 atom stereocenters. The van der Waals surface area contributed by atoms with Crippen molar-refractivity contribution in [1.82, 2.24) is 9.78 Å². The van der Waals surface area contributed by atoms with Gasteiger partial charge in [-0.3, -0.25) is 14.8 Å². The SMILES string of the molecule is COC1CCN(c2ccc(Cn3cc([N+](=O)[O-])c(C#N)n3)cc2)CC1. The first kappa shape index (κ1) is 16.9. The lowest BCUT2D eigenvalue weighted by Crippen LogP contribution is -2.36. The highest BCUT2D eigenvalue weighted by Gasteiger charge is 2.20. The van der Waals surface area contributed by atoms with Crippen LogP contribution in [-0.2, 0) is 11.3 Å². The van der Waals surface area contributed by atoms with Crippen LogP contribution in [0.4, 0.5) is 11.4 Å². The van der Waals surface area contributed by atoms with Crippen LogP contribution >= 0.6 is 0 Å². The van der Waals surface area contributed by atoms with E-state index in [1.165, 1.54) is 10.9 Å². The number of hydrogen-bond acceptors (Lipinski definition) is 6. The summed E-state index contributed by atoms with van der Waals surface area (Å²) in [5.74, 6) is 0. The molecule has 0 bridgehead atoms. The number of rotatable bonds is 5. The number of nitrogens with zero attached hydrogens (tertiary/aromatic N) is 5. The number of piperidine rings is 1. The molecule has 2 heterocycles. The smallest absolute Gasteiger partial charge is 0.325 e. The molecule has 0 saturated carbocycles. The Kier molecular flexibility index (Phi) is 4.95. The van der Waals surface area contributed by atoms with Gasteiger partial charge in [0.25, 0.3) is 0 Å². The van der Waals surface area contributed by atoms with Crippen LogP contribution in [0.2, 0.25) is 0 Å². The Morgan fingerprint density at radius 3 is 2.56 bits per heavy atom. The summed E-state index contributed by atoms with van der Waals surface area (Å²) >= 11 is 0. The van der Waals surface area contributed by atoms with E-state index in [-0.39, 0.29) is 11.4 Å². The lowest BCUT2D eigenvalue weighted by Gasteiger charge is -2.33. The van der Waals surface area contributed by atoms with Crippen LogP contribution in [0.1, 0.15) is 24.1 Å². The molecule has 2 aromatic rings. The summed E-state index contributed by atoms with van der Waals surface area (Å²) in [5.41, 5.74) is 1.70. The van der Waals surface area contributed by atoms with Gasteiger partial charge in [0.15, 0.2) is 0 Å². The molecule has 1 aromatic heterocycles. The van der Waals surface area contributed by atoms with Crippen molar-refractivity contribution in [2.45, 2.75) is 25.5 Å². The molecule has 25 heavy (non-hydrogen) atoms. The van der Waals surface area contributed by atoms with Crippen LogP contribution in [0, 0.1) is 21.4 Å². The Bertz CT molecular complexity index is 786. The predicted octanol–water partition coefficient (Wildman–Crippen LogP) is 2.33. The van der Waals surface area contributed by atoms with Crippen LogP contribution in [-0.4, -0.2) is 41.0 Å². The van der Waals surface area contributed by atoms with Gasteiger partial charge in [-0.1, -0.05) is 12.1 Å². The fraction of sp³-hybridized carbons (Fsp3) is 0.412. The molecule has 0 aliphatic carbocycles. The van der Waals surface area contributed by atoms with E-state index in [1.807, 2.05) is 24.3 Å². The molecular formula is C17H19N5O3. The largest absolute Gasteiger partial charge is 0.381 e. The number of nitriles is 1. The minimum atomic E-state index is -0.589. The van der Waals surface area contributed by atoms with E-state index in [2.05, 4.69) is 10.00 Å². The van der Waals surface area contributed by atoms with Crippen LogP contribution < -0.4 is 4.90 Å². The van der Waals surface area contributed by atoms with E-state index in [9.17, 15) is 10.1 Å². The maximum atomic E-state index is 10.9. The quantitative estimate of drug-likeness (QED) is 0.611. The highest BCUT2D eigenvalue weighted by atomic mass is 16.6. The lowest BCUT2D eigenvalue weighted by molar-refractivity contribution is -0.385. The van der Waals surface area contributed by atoms with Crippen LogP contribution in [0.25, 0.3) is 0 Å². The molecule has 1 aromatic carbocycles. The second-order valence-corrected chi connectivity index (χ2v) is 6.02. The van der Waals surface area contributed by atoms with Crippen LogP contribution in [0.15, 0.2) is 30.5 Å². The minimum absolute atomic E-state index is 0.164. The molecule has 1 aliphatic heterocycles. The van der Waals surface area contributed by atoms with Gasteiger partial charge in [0.2, 0.25) is 5.69 Å². The molecule has 0 unspecified atom stereocenters. The Balaban J connectivity index is 1.67. The number of benzene rings is 1. The molecule has 1 fully saturated rings. The summed E-state index contributed by atoms with van der Waals surface area (Å²) in [5, 5.41) is 23.8. The molecule has 8 heteroatoms. The molecule has 1 saturated heterocycles. The average molecular weight is 341 g/mol. The number of nitro groups is 1. The van der Waals surface area contributed by atoms with Crippen LogP contribution in [0.3, 0.4) is 0 Å². The third-order valence-electron chi connectivity index (χ3n) is 4.47. The molecule has 0 radical (unpaired) electrons. The standard InChI is InChI=1S/C17H19N5O3/c1-25-15-6-8-20(9-7-15)14-4-2-13(3-5-14)11-21-12-17(22(23)24)16(10-18)19-21/h2-5,12,15H,6-9,11H2,1H3. The van der Waals surface area contributed by atoms with Gasteiger partial charge < -0.3 is 9.64 Å². The van der Waals surface area contributed by atoms with Gasteiger partial charge >= 0.3 is 5.69 Å². The summed E-state index contributed by atoms with van der Waals surface area (Å²) in [4.78, 5) is 12.6. The van der Waals surface area contributed by atoms with Gasteiger partial charge in [0.1, 0.15) is 12.3 Å². The Morgan fingerprint density at radius 1 is 1.36 bits per heavy atom. The van der Waals surface area contributed by atoms with E-state index < -0.39 is 4.92 Å². The number of methoxy groups -OCH3 is 1. The zero-order valence-corrected chi connectivity index (χ0v) is 14.0. The molecular weight excluding hydrogens is 322 g/mol. The summed E-state index contributed by atoms with van der Waals surface area (Å²) < 4.78 is 6.82. The monoisotopic (exact) mass is 341 g/mol. The van der Waals surface area contributed by atoms with E-state index >= 15 is 0 Å². The van der Waals surface area contributed by atoms with Gasteiger partial charge in [-0.2, -0.15) is 10.4 Å². The van der Waals surface area contributed by atoms with Crippen molar-refractivity contribution in [1.29, 1.82) is 5.26 Å². The Morgan fingerprint density at radius 2 is 2.04 bits per heavy atom. The second-order valence-electron chi connectivity index (χ2n) is 6.02. The van der Waals surface area contributed by atoms with Gasteiger partial charge in [-0.25, -0.2) is 0 Å². The number of aromatic nitrogens is 2. The summed E-state index contributed by atoms with van der Waals surface area (Å²) in [7, 11) is 1.76. The van der Waals surface area contributed by atoms with E-state index in [1.54, 1.807) is 13.2 Å². The van der Waals surface area contributed by atoms with Gasteiger partial charge in [-0.05, 0) is 30.5 Å². The number of hydrogen-bond donors (Lipinski definition) is 0. The maximum absolute atomic E-state index is 10.9. The highest BCUT2D eigenvalue weighted by Crippen LogP contribution is 2.22. The lowest BCUT2D eigenvalue weighted by atomic mass is 10.1. The van der Waals surface area contributed by atoms with E-state index in [0.29, 0.717) is 12.6 Å². The molecule has 0 N–H and O–H groups in total. The normalized spacial score (nSPS) is 15.1. The summed E-state index contributed by atoms with van der Waals surface area (Å²) in [6.07, 6.45) is 3.68. The van der Waals surface area contributed by atoms with Crippen molar-refractivity contribution < 1.29 is 9.66 Å². The average Bonchev–Trinajstić information content (AvgIpc) is 3.06. The molecule has 8 nitrogen and oxygen atoms in total. The number of ether oxygens (including phenoxy) is 1. The molecule has 0 spiro atoms. The Labute approximate surface area is 145 Å². The number of anilines is 1. The molecule has 0 amide bonds. The van der Waals surface area contributed by atoms with Crippen molar-refractivity contribution in [3.05, 3.63) is 51.8 Å². The van der Waals surface area contributed by atoms with Crippen molar-refractivity contribution in [3.63, 3.8) is 0 Å². The topological polar surface area (TPSA) is 97.2 Å². The van der Waals surface area contributed by atoms with E-state index in [4.69, 9.17) is 10.00 Å². The van der Waals surface area contributed by atoms with Crippen molar-refractivity contribution in [3.8, 4) is 6.07 Å². The van der Waals surface area contributed by atoms with Gasteiger partial charge in [0, 0.05) is 25.9 Å². The zero-order chi connectivity index (χ0) is 17.8. The highest BCUT2D eigenvalue weighted by molar-refractivity contribution is 5.48. The third-order valence-corrected chi connectivity index (χ3v) is 4.47. The first-order valence-electron chi connectivity index (χ1n) is 8.09. The van der Waals surface area contributed by atoms with Crippen LogP contribution in [0.5, 0.6) is 0 Å². The fourth-order valence-corrected chi connectivity index (χ4v) is 3.05. The third kappa shape index (κ3) is 3.78. The maximum Gasteiger partial charge on any atom is 0.325 e. The minimum Gasteiger partial charge on any atom is -0.381 e. The first-order valence-corrected chi connectivity index (χ1v) is 8.09. The fourth-order valence-electron chi connectivity index (χ4n) is 3.05. The molecule has 1 aliphatic rings. The Hall–Kier alpha value is -2.92. The second kappa shape index (κ2) is 7.32. The molecule has 3 rings (SSSR count). The van der Waals surface area contributed by atoms with Gasteiger partial charge in [0.05, 0.1) is 17.6 Å². The summed E-state index contributed by atoms with van der Waals surface area (Å²) in [6.45, 7) is 2.32. The first-order chi connectivity index (χ1) is 12.1. The summed E-state index contributed by atoms with van der Waals surface area (Å²) in [6, 6.07) is 9.81. The van der Waals surface area contributed by atoms with Gasteiger partial charge in [-0.15, -0.1) is 0 Å². The predicted molar refractivity (Wildman–Crippen MR) is 91.4 cm³/mol.